The molecule has 1 saturated heterocycles. The van der Waals surface area contributed by atoms with Crippen molar-refractivity contribution in [1.82, 2.24) is 5.32 Å². The molecule has 4 rings (SSSR count). The Balaban J connectivity index is 1.76. The highest BCUT2D eigenvalue weighted by Crippen LogP contribution is 2.39. The minimum atomic E-state index is -0.630. The molecule has 1 fully saturated rings. The summed E-state index contributed by atoms with van der Waals surface area (Å²) in [5.41, 5.74) is 1.47. The van der Waals surface area contributed by atoms with Gasteiger partial charge in [-0.1, -0.05) is 23.7 Å². The highest BCUT2D eigenvalue weighted by atomic mass is 35.5. The summed E-state index contributed by atoms with van der Waals surface area (Å²) < 4.78 is 14.2. The zero-order chi connectivity index (χ0) is 17.4. The molecule has 0 aliphatic carbocycles. The fourth-order valence-corrected chi connectivity index (χ4v) is 3.87. The van der Waals surface area contributed by atoms with Crippen molar-refractivity contribution in [2.75, 3.05) is 23.3 Å². The van der Waals surface area contributed by atoms with Crippen LogP contribution in [0.15, 0.2) is 42.5 Å². The molecule has 0 aromatic heterocycles. The van der Waals surface area contributed by atoms with Crippen LogP contribution in [0.5, 0.6) is 0 Å². The van der Waals surface area contributed by atoms with Crippen LogP contribution in [0.1, 0.15) is 18.4 Å². The van der Waals surface area contributed by atoms with Gasteiger partial charge in [0, 0.05) is 10.6 Å². The largest absolute Gasteiger partial charge is 0.369 e. The number of nitrogens with one attached hydrogen (secondary N) is 2. The van der Waals surface area contributed by atoms with Crippen LogP contribution in [-0.4, -0.2) is 24.5 Å². The lowest BCUT2D eigenvalue weighted by atomic mass is 9.84. The van der Waals surface area contributed by atoms with Crippen molar-refractivity contribution in [3.63, 3.8) is 0 Å². The molecule has 6 heteroatoms. The van der Waals surface area contributed by atoms with Crippen molar-refractivity contribution in [2.24, 2.45) is 0 Å². The first kappa shape index (κ1) is 16.4. The van der Waals surface area contributed by atoms with Gasteiger partial charge in [0.15, 0.2) is 0 Å². The molecule has 2 aliphatic heterocycles. The van der Waals surface area contributed by atoms with Crippen molar-refractivity contribution < 1.29 is 9.18 Å². The second-order valence-electron chi connectivity index (χ2n) is 6.60. The number of para-hydroxylation sites is 2. The Kier molecular flexibility index (Phi) is 4.13. The first-order chi connectivity index (χ1) is 12.1. The minimum Gasteiger partial charge on any atom is -0.369 e. The number of carbonyl (C=O) groups excluding carboxylic acids is 1. The van der Waals surface area contributed by atoms with Gasteiger partial charge in [0.2, 0.25) is 0 Å². The number of piperidine rings is 1. The predicted molar refractivity (Wildman–Crippen MR) is 97.5 cm³/mol. The number of hydrogen-bond acceptors (Lipinski definition) is 3. The van der Waals surface area contributed by atoms with E-state index in [1.54, 1.807) is 11.0 Å². The Bertz CT molecular complexity index is 820. The van der Waals surface area contributed by atoms with E-state index in [4.69, 9.17) is 11.6 Å². The molecule has 0 saturated carbocycles. The monoisotopic (exact) mass is 359 g/mol. The number of halogens is 2. The number of benzene rings is 2. The lowest BCUT2D eigenvalue weighted by Gasteiger charge is -2.46. The summed E-state index contributed by atoms with van der Waals surface area (Å²) in [5, 5.41) is 7.21. The number of hydrogen-bond donors (Lipinski definition) is 2. The number of nitrogens with zero attached hydrogens (tertiary/aromatic N) is 1. The van der Waals surface area contributed by atoms with E-state index < -0.39 is 5.54 Å². The van der Waals surface area contributed by atoms with E-state index in [1.807, 2.05) is 24.3 Å². The first-order valence-corrected chi connectivity index (χ1v) is 8.81. The van der Waals surface area contributed by atoms with Gasteiger partial charge in [-0.05, 0) is 56.3 Å². The highest BCUT2D eigenvalue weighted by Gasteiger charge is 2.46. The maximum absolute atomic E-state index is 14.2. The van der Waals surface area contributed by atoms with E-state index in [0.29, 0.717) is 23.4 Å². The molecule has 2 N–H and O–H groups in total. The summed E-state index contributed by atoms with van der Waals surface area (Å²) in [4.78, 5) is 15.0. The highest BCUT2D eigenvalue weighted by molar-refractivity contribution is 6.30. The lowest BCUT2D eigenvalue weighted by Crippen LogP contribution is -2.61. The first-order valence-electron chi connectivity index (χ1n) is 8.43. The smallest absolute Gasteiger partial charge is 0.253 e. The van der Waals surface area contributed by atoms with Gasteiger partial charge in [0.1, 0.15) is 11.4 Å². The van der Waals surface area contributed by atoms with E-state index in [9.17, 15) is 9.18 Å². The average Bonchev–Trinajstić information content (AvgIpc) is 2.62. The summed E-state index contributed by atoms with van der Waals surface area (Å²) in [6, 6.07) is 12.1. The number of fused-ring (bicyclic) bond motifs is 1. The fraction of sp³-hybridized carbons (Fsp3) is 0.316. The molecule has 130 valence electrons. The summed E-state index contributed by atoms with van der Waals surface area (Å²) in [7, 11) is 0. The van der Waals surface area contributed by atoms with Crippen LogP contribution < -0.4 is 15.5 Å². The third kappa shape index (κ3) is 2.87. The molecule has 2 heterocycles. The Morgan fingerprint density at radius 2 is 1.92 bits per heavy atom. The van der Waals surface area contributed by atoms with Gasteiger partial charge >= 0.3 is 0 Å². The average molecular weight is 360 g/mol. The molecule has 0 atom stereocenters. The zero-order valence-corrected chi connectivity index (χ0v) is 14.4. The summed E-state index contributed by atoms with van der Waals surface area (Å²) in [6.45, 7) is 1.72. The number of rotatable bonds is 2. The van der Waals surface area contributed by atoms with Gasteiger partial charge in [0.25, 0.3) is 5.91 Å². The van der Waals surface area contributed by atoms with Crippen molar-refractivity contribution in [2.45, 2.75) is 24.9 Å². The third-order valence-electron chi connectivity index (χ3n) is 5.02. The van der Waals surface area contributed by atoms with Gasteiger partial charge in [-0.25, -0.2) is 4.39 Å². The zero-order valence-electron chi connectivity index (χ0n) is 13.7. The van der Waals surface area contributed by atoms with Crippen LogP contribution in [0, 0.1) is 5.82 Å². The van der Waals surface area contributed by atoms with E-state index in [2.05, 4.69) is 10.6 Å². The number of anilines is 2. The minimum absolute atomic E-state index is 0.00734. The van der Waals surface area contributed by atoms with Crippen LogP contribution in [0.2, 0.25) is 5.02 Å². The molecular formula is C19H19ClFN3O. The topological polar surface area (TPSA) is 44.4 Å². The van der Waals surface area contributed by atoms with Crippen LogP contribution in [-0.2, 0) is 11.3 Å². The van der Waals surface area contributed by atoms with E-state index in [1.165, 1.54) is 12.1 Å². The maximum Gasteiger partial charge on any atom is 0.253 e. The third-order valence-corrected chi connectivity index (χ3v) is 5.25. The molecule has 1 spiro atoms. The number of carbonyl (C=O) groups is 1. The molecule has 2 aromatic carbocycles. The Labute approximate surface area is 151 Å². The molecular weight excluding hydrogens is 341 g/mol. The molecule has 0 unspecified atom stereocenters. The van der Waals surface area contributed by atoms with Crippen LogP contribution >= 0.6 is 11.6 Å². The molecule has 2 aromatic rings. The van der Waals surface area contributed by atoms with Crippen molar-refractivity contribution in [3.05, 3.63) is 58.9 Å². The molecule has 1 amide bonds. The molecule has 4 nitrogen and oxygen atoms in total. The number of amides is 1. The molecule has 0 bridgehead atoms. The maximum atomic E-state index is 14.2. The fourth-order valence-electron chi connectivity index (χ4n) is 3.68. The Hall–Kier alpha value is -2.11. The van der Waals surface area contributed by atoms with Gasteiger partial charge < -0.3 is 15.5 Å². The van der Waals surface area contributed by atoms with E-state index >= 15 is 0 Å². The predicted octanol–water partition coefficient (Wildman–Crippen LogP) is 3.56. The van der Waals surface area contributed by atoms with E-state index in [0.717, 1.165) is 24.5 Å². The van der Waals surface area contributed by atoms with Crippen LogP contribution in [0.4, 0.5) is 15.8 Å². The van der Waals surface area contributed by atoms with Crippen LogP contribution in [0.25, 0.3) is 0 Å². The van der Waals surface area contributed by atoms with Crippen molar-refractivity contribution in [1.29, 1.82) is 0 Å². The second kappa shape index (κ2) is 6.32. The molecule has 0 radical (unpaired) electrons. The van der Waals surface area contributed by atoms with Crippen LogP contribution in [0.3, 0.4) is 0 Å². The SMILES string of the molecule is O=C1N(Cc2cc(Cl)ccc2F)c2ccccc2NC12CCNCC2. The molecule has 2 aliphatic rings. The van der Waals surface area contributed by atoms with Gasteiger partial charge in [0.05, 0.1) is 17.9 Å². The van der Waals surface area contributed by atoms with Gasteiger partial charge in [-0.2, -0.15) is 0 Å². The van der Waals surface area contributed by atoms with Crippen molar-refractivity contribution >= 4 is 28.9 Å². The Morgan fingerprint density at radius 1 is 1.16 bits per heavy atom. The summed E-state index contributed by atoms with van der Waals surface area (Å²) >= 11 is 6.02. The lowest BCUT2D eigenvalue weighted by molar-refractivity contribution is -0.124. The standard InChI is InChI=1S/C19H19ClFN3O/c20-14-5-6-15(21)13(11-14)12-24-17-4-2-1-3-16(17)23-19(18(24)25)7-9-22-10-8-19/h1-6,11,22-23H,7-10,12H2. The normalized spacial score (nSPS) is 18.8. The Morgan fingerprint density at radius 3 is 2.72 bits per heavy atom. The second-order valence-corrected chi connectivity index (χ2v) is 7.04. The quantitative estimate of drug-likeness (QED) is 0.861. The summed E-state index contributed by atoms with van der Waals surface area (Å²) in [6.07, 6.45) is 1.41. The van der Waals surface area contributed by atoms with E-state index in [-0.39, 0.29) is 18.3 Å². The van der Waals surface area contributed by atoms with Gasteiger partial charge in [-0.15, -0.1) is 0 Å². The van der Waals surface area contributed by atoms with Gasteiger partial charge in [-0.3, -0.25) is 4.79 Å². The van der Waals surface area contributed by atoms with Crippen molar-refractivity contribution in [3.8, 4) is 0 Å². The molecule has 25 heavy (non-hydrogen) atoms. The summed E-state index contributed by atoms with van der Waals surface area (Å²) in [5.74, 6) is -0.361.